The molecule has 0 amide bonds. The van der Waals surface area contributed by atoms with Gasteiger partial charge in [0.15, 0.2) is 17.5 Å². The smallest absolute Gasteiger partial charge is 0.164 e. The zero-order valence-electron chi connectivity index (χ0n) is 29.0. The van der Waals surface area contributed by atoms with Crippen LogP contribution in [0.4, 0.5) is 0 Å². The van der Waals surface area contributed by atoms with E-state index < -0.39 is 0 Å². The minimum absolute atomic E-state index is 0.108. The van der Waals surface area contributed by atoms with E-state index in [9.17, 15) is 0 Å². The van der Waals surface area contributed by atoms with Crippen molar-refractivity contribution >= 4 is 43.5 Å². The van der Waals surface area contributed by atoms with Crippen LogP contribution in [0.25, 0.3) is 88.8 Å². The highest BCUT2D eigenvalue weighted by Gasteiger charge is 2.46. The zero-order valence-corrected chi connectivity index (χ0v) is 29.0. The summed E-state index contributed by atoms with van der Waals surface area (Å²) in [6.45, 7) is 9.53. The third-order valence-electron chi connectivity index (χ3n) is 11.7. The molecule has 7 aromatic carbocycles. The number of para-hydroxylation sites is 1. The minimum Gasteiger partial charge on any atom is -0.456 e. The predicted molar refractivity (Wildman–Crippen MR) is 210 cm³/mol. The molecular formula is C47H35N3O. The SMILES string of the molecule is CC1(C)c2ccc(-c3nc(-c4ccccc4)nc(-c4cccc5oc6ccccc6c45)n3)cc2-c2c(ccc3c2ccc2ccccc23)C1(C)C. The maximum absolute atomic E-state index is 6.27. The van der Waals surface area contributed by atoms with Gasteiger partial charge in [0.05, 0.1) is 0 Å². The Morgan fingerprint density at radius 1 is 0.431 bits per heavy atom. The zero-order chi connectivity index (χ0) is 34.5. The van der Waals surface area contributed by atoms with E-state index in [-0.39, 0.29) is 10.8 Å². The molecule has 10 rings (SSSR count). The summed E-state index contributed by atoms with van der Waals surface area (Å²) in [5, 5.41) is 7.11. The molecule has 4 heteroatoms. The number of nitrogens with zero attached hydrogens (tertiary/aromatic N) is 3. The molecule has 0 radical (unpaired) electrons. The number of rotatable bonds is 3. The van der Waals surface area contributed by atoms with Gasteiger partial charge in [-0.15, -0.1) is 0 Å². The lowest BCUT2D eigenvalue weighted by Crippen LogP contribution is -2.43. The van der Waals surface area contributed by atoms with Crippen LogP contribution in [0.5, 0.6) is 0 Å². The summed E-state index contributed by atoms with van der Waals surface area (Å²) in [7, 11) is 0. The molecule has 2 aromatic heterocycles. The van der Waals surface area contributed by atoms with Crippen LogP contribution in [0.2, 0.25) is 0 Å². The third-order valence-corrected chi connectivity index (χ3v) is 11.7. The van der Waals surface area contributed by atoms with Gasteiger partial charge >= 0.3 is 0 Å². The van der Waals surface area contributed by atoms with E-state index >= 15 is 0 Å². The monoisotopic (exact) mass is 657 g/mol. The predicted octanol–water partition coefficient (Wildman–Crippen LogP) is 12.3. The van der Waals surface area contributed by atoms with E-state index in [1.165, 1.54) is 43.8 Å². The van der Waals surface area contributed by atoms with Crippen molar-refractivity contribution in [3.8, 4) is 45.3 Å². The highest BCUT2D eigenvalue weighted by Crippen LogP contribution is 2.56. The second kappa shape index (κ2) is 10.7. The molecule has 0 fully saturated rings. The summed E-state index contributed by atoms with van der Waals surface area (Å²) in [5.41, 5.74) is 9.46. The molecular weight excluding hydrogens is 623 g/mol. The van der Waals surface area contributed by atoms with Crippen LogP contribution >= 0.6 is 0 Å². The van der Waals surface area contributed by atoms with Crippen LogP contribution < -0.4 is 0 Å². The van der Waals surface area contributed by atoms with Gasteiger partial charge in [0.2, 0.25) is 0 Å². The highest BCUT2D eigenvalue weighted by atomic mass is 16.3. The van der Waals surface area contributed by atoms with Crippen LogP contribution in [-0.4, -0.2) is 15.0 Å². The van der Waals surface area contributed by atoms with Gasteiger partial charge in [0.25, 0.3) is 0 Å². The molecule has 0 N–H and O–H groups in total. The Morgan fingerprint density at radius 3 is 1.92 bits per heavy atom. The lowest BCUT2D eigenvalue weighted by atomic mass is 9.55. The standard InChI is InChI=1S/C47H35N3O/c1-46(2)37-25-22-30(27-36(37)41-33-23-21-28-13-8-9-16-31(28)32(33)24-26-38(41)47(46,3)4)44-48-43(29-14-6-5-7-15-29)49-45(50-44)35-18-12-20-40-42(35)34-17-10-11-19-39(34)51-40/h5-27H,1-4H3. The lowest BCUT2D eigenvalue weighted by molar-refractivity contribution is 0.299. The van der Waals surface area contributed by atoms with Crippen LogP contribution in [0.3, 0.4) is 0 Å². The van der Waals surface area contributed by atoms with Crippen molar-refractivity contribution in [1.82, 2.24) is 15.0 Å². The van der Waals surface area contributed by atoms with Gasteiger partial charge in [-0.1, -0.05) is 149 Å². The van der Waals surface area contributed by atoms with E-state index in [1.807, 2.05) is 48.5 Å². The van der Waals surface area contributed by atoms with Crippen LogP contribution in [0.1, 0.15) is 38.8 Å². The molecule has 0 atom stereocenters. The molecule has 2 heterocycles. The molecule has 9 aromatic rings. The van der Waals surface area contributed by atoms with Gasteiger partial charge in [0.1, 0.15) is 11.2 Å². The second-order valence-corrected chi connectivity index (χ2v) is 14.8. The number of benzene rings is 7. The van der Waals surface area contributed by atoms with Crippen molar-refractivity contribution in [1.29, 1.82) is 0 Å². The largest absolute Gasteiger partial charge is 0.456 e. The fourth-order valence-corrected chi connectivity index (χ4v) is 8.31. The molecule has 244 valence electrons. The Hall–Kier alpha value is -6.13. The number of hydrogen-bond acceptors (Lipinski definition) is 4. The fourth-order valence-electron chi connectivity index (χ4n) is 8.31. The fraction of sp³-hybridized carbons (Fsp3) is 0.128. The summed E-state index contributed by atoms with van der Waals surface area (Å²) in [6.07, 6.45) is 0. The van der Waals surface area contributed by atoms with Gasteiger partial charge < -0.3 is 4.42 Å². The molecule has 4 nitrogen and oxygen atoms in total. The number of aromatic nitrogens is 3. The quantitative estimate of drug-likeness (QED) is 0.177. The summed E-state index contributed by atoms with van der Waals surface area (Å²) < 4.78 is 6.27. The first kappa shape index (κ1) is 29.8. The Bertz CT molecular complexity index is 2860. The summed E-state index contributed by atoms with van der Waals surface area (Å²) in [6, 6.07) is 49.2. The lowest BCUT2D eigenvalue weighted by Gasteiger charge is -2.48. The van der Waals surface area contributed by atoms with Crippen molar-refractivity contribution < 1.29 is 4.42 Å². The number of furan rings is 1. The maximum atomic E-state index is 6.27. The van der Waals surface area contributed by atoms with E-state index in [2.05, 4.69) is 119 Å². The van der Waals surface area contributed by atoms with Crippen molar-refractivity contribution in [3.05, 3.63) is 151 Å². The third kappa shape index (κ3) is 4.29. The molecule has 1 aliphatic rings. The normalized spacial score (nSPS) is 14.6. The molecule has 1 aliphatic carbocycles. The molecule has 51 heavy (non-hydrogen) atoms. The molecule has 0 saturated heterocycles. The van der Waals surface area contributed by atoms with Crippen LogP contribution in [0.15, 0.2) is 144 Å². The average molecular weight is 658 g/mol. The topological polar surface area (TPSA) is 51.8 Å². The van der Waals surface area contributed by atoms with Crippen molar-refractivity contribution in [2.75, 3.05) is 0 Å². The first-order chi connectivity index (χ1) is 24.8. The van der Waals surface area contributed by atoms with Crippen LogP contribution in [0, 0.1) is 0 Å². The molecule has 0 aliphatic heterocycles. The average Bonchev–Trinajstić information content (AvgIpc) is 3.56. The van der Waals surface area contributed by atoms with Gasteiger partial charge in [-0.05, 0) is 72.8 Å². The van der Waals surface area contributed by atoms with Crippen molar-refractivity contribution in [2.45, 2.75) is 38.5 Å². The molecule has 0 spiro atoms. The number of fused-ring (bicyclic) bond motifs is 10. The molecule has 0 saturated carbocycles. The first-order valence-electron chi connectivity index (χ1n) is 17.6. The van der Waals surface area contributed by atoms with Crippen molar-refractivity contribution in [3.63, 3.8) is 0 Å². The van der Waals surface area contributed by atoms with Gasteiger partial charge in [-0.25, -0.2) is 15.0 Å². The van der Waals surface area contributed by atoms with Gasteiger partial charge in [-0.2, -0.15) is 0 Å². The van der Waals surface area contributed by atoms with E-state index in [4.69, 9.17) is 19.4 Å². The number of hydrogen-bond donors (Lipinski definition) is 0. The maximum Gasteiger partial charge on any atom is 0.164 e. The van der Waals surface area contributed by atoms with E-state index in [1.54, 1.807) is 0 Å². The summed E-state index contributed by atoms with van der Waals surface area (Å²) in [4.78, 5) is 15.5. The molecule has 0 bridgehead atoms. The second-order valence-electron chi connectivity index (χ2n) is 14.8. The van der Waals surface area contributed by atoms with Crippen LogP contribution in [-0.2, 0) is 10.8 Å². The van der Waals surface area contributed by atoms with Crippen molar-refractivity contribution in [2.24, 2.45) is 0 Å². The van der Waals surface area contributed by atoms with E-state index in [0.717, 1.165) is 38.6 Å². The Kier molecular flexibility index (Phi) is 6.23. The molecule has 0 unspecified atom stereocenters. The Balaban J connectivity index is 1.25. The minimum atomic E-state index is -0.129. The van der Waals surface area contributed by atoms with Gasteiger partial charge in [-0.3, -0.25) is 0 Å². The summed E-state index contributed by atoms with van der Waals surface area (Å²) in [5.74, 6) is 1.89. The summed E-state index contributed by atoms with van der Waals surface area (Å²) >= 11 is 0. The Labute approximate surface area is 296 Å². The first-order valence-corrected chi connectivity index (χ1v) is 17.6. The Morgan fingerprint density at radius 2 is 1.08 bits per heavy atom. The van der Waals surface area contributed by atoms with Gasteiger partial charge in [0, 0.05) is 27.5 Å². The highest BCUT2D eigenvalue weighted by molar-refractivity contribution is 6.14. The van der Waals surface area contributed by atoms with E-state index in [0.29, 0.717) is 17.5 Å².